The normalized spacial score (nSPS) is 21.5. The number of amides is 1. The number of carbonyl (C=O) groups excluding carboxylic acids is 1. The predicted octanol–water partition coefficient (Wildman–Crippen LogP) is 0.169. The highest BCUT2D eigenvalue weighted by Crippen LogP contribution is 1.96. The summed E-state index contributed by atoms with van der Waals surface area (Å²) in [6.07, 6.45) is -0.299. The van der Waals surface area contributed by atoms with Gasteiger partial charge in [0, 0.05) is 19.6 Å². The van der Waals surface area contributed by atoms with E-state index >= 15 is 0 Å². The van der Waals surface area contributed by atoms with Crippen molar-refractivity contribution in [1.29, 1.82) is 0 Å². The molecule has 84 valence electrons. The molecule has 0 aromatic carbocycles. The van der Waals surface area contributed by atoms with E-state index in [2.05, 4.69) is 24.5 Å². The molecule has 0 unspecified atom stereocenters. The smallest absolute Gasteiger partial charge is 0.250 e. The largest absolute Gasteiger partial charge is 0.366 e. The maximum Gasteiger partial charge on any atom is 0.250 e. The molecule has 0 aliphatic carbocycles. The first-order valence-corrected chi connectivity index (χ1v) is 4.80. The van der Waals surface area contributed by atoms with Crippen molar-refractivity contribution in [1.82, 2.24) is 10.6 Å². The molecular formula is C9H19ClN2O2. The minimum atomic E-state index is -0.299. The molecule has 1 aliphatic heterocycles. The maximum atomic E-state index is 11.4. The minimum absolute atomic E-state index is 0. The zero-order chi connectivity index (χ0) is 9.68. The molecule has 1 heterocycles. The lowest BCUT2D eigenvalue weighted by atomic mass is 10.2. The molecule has 0 bridgehead atoms. The summed E-state index contributed by atoms with van der Waals surface area (Å²) < 4.78 is 5.30. The quantitative estimate of drug-likeness (QED) is 0.716. The van der Waals surface area contributed by atoms with Gasteiger partial charge in [-0.05, 0) is 5.92 Å². The van der Waals surface area contributed by atoms with E-state index in [1.54, 1.807) is 0 Å². The zero-order valence-electron chi connectivity index (χ0n) is 8.71. The first kappa shape index (κ1) is 13.7. The van der Waals surface area contributed by atoms with Crippen LogP contribution in [0.2, 0.25) is 0 Å². The molecule has 1 atom stereocenters. The molecule has 0 aromatic rings. The highest BCUT2D eigenvalue weighted by molar-refractivity contribution is 5.85. The van der Waals surface area contributed by atoms with Crippen LogP contribution in [0.1, 0.15) is 13.8 Å². The zero-order valence-corrected chi connectivity index (χ0v) is 9.52. The SMILES string of the molecule is CC(C)CNC(=O)[C@H]1CNCCO1.Cl. The fraction of sp³-hybridized carbons (Fsp3) is 0.889. The van der Waals surface area contributed by atoms with Crippen LogP contribution in [-0.2, 0) is 9.53 Å². The van der Waals surface area contributed by atoms with E-state index in [-0.39, 0.29) is 24.4 Å². The van der Waals surface area contributed by atoms with Gasteiger partial charge in [-0.25, -0.2) is 0 Å². The second-order valence-corrected chi connectivity index (χ2v) is 3.70. The number of carbonyl (C=O) groups is 1. The average molecular weight is 223 g/mol. The third-order valence-electron chi connectivity index (χ3n) is 1.90. The van der Waals surface area contributed by atoms with Crippen LogP contribution >= 0.6 is 12.4 Å². The lowest BCUT2D eigenvalue weighted by Crippen LogP contribution is -2.48. The average Bonchev–Trinajstić information content (AvgIpc) is 2.15. The van der Waals surface area contributed by atoms with E-state index in [4.69, 9.17) is 4.74 Å². The Hall–Kier alpha value is -0.320. The summed E-state index contributed by atoms with van der Waals surface area (Å²) in [4.78, 5) is 11.4. The van der Waals surface area contributed by atoms with Gasteiger partial charge in [0.1, 0.15) is 6.10 Å². The lowest BCUT2D eigenvalue weighted by molar-refractivity contribution is -0.134. The van der Waals surface area contributed by atoms with Gasteiger partial charge in [-0.1, -0.05) is 13.8 Å². The predicted molar refractivity (Wildman–Crippen MR) is 57.7 cm³/mol. The number of nitrogens with one attached hydrogen (secondary N) is 2. The molecule has 1 aliphatic rings. The van der Waals surface area contributed by atoms with Crippen LogP contribution in [0.25, 0.3) is 0 Å². The fourth-order valence-electron chi connectivity index (χ4n) is 1.15. The van der Waals surface area contributed by atoms with Gasteiger partial charge in [0.25, 0.3) is 0 Å². The summed E-state index contributed by atoms with van der Waals surface area (Å²) in [7, 11) is 0. The summed E-state index contributed by atoms with van der Waals surface area (Å²) >= 11 is 0. The molecule has 0 aromatic heterocycles. The first-order valence-electron chi connectivity index (χ1n) is 4.80. The van der Waals surface area contributed by atoms with Gasteiger partial charge < -0.3 is 15.4 Å². The molecule has 1 amide bonds. The summed E-state index contributed by atoms with van der Waals surface area (Å²) in [5, 5.41) is 5.97. The number of ether oxygens (including phenoxy) is 1. The van der Waals surface area contributed by atoms with Crippen LogP contribution in [0.3, 0.4) is 0 Å². The van der Waals surface area contributed by atoms with Crippen molar-refractivity contribution in [2.45, 2.75) is 20.0 Å². The summed E-state index contributed by atoms with van der Waals surface area (Å²) in [6, 6.07) is 0. The van der Waals surface area contributed by atoms with E-state index in [0.29, 0.717) is 19.1 Å². The number of hydrogen-bond acceptors (Lipinski definition) is 3. The van der Waals surface area contributed by atoms with Gasteiger partial charge in [-0.2, -0.15) is 0 Å². The molecule has 4 nitrogen and oxygen atoms in total. The Bertz CT molecular complexity index is 170. The highest BCUT2D eigenvalue weighted by atomic mass is 35.5. The number of morpholine rings is 1. The van der Waals surface area contributed by atoms with Gasteiger partial charge in [0.2, 0.25) is 5.91 Å². The Morgan fingerprint density at radius 1 is 1.64 bits per heavy atom. The highest BCUT2D eigenvalue weighted by Gasteiger charge is 2.21. The van der Waals surface area contributed by atoms with Gasteiger partial charge in [0.05, 0.1) is 6.61 Å². The minimum Gasteiger partial charge on any atom is -0.366 e. The first-order chi connectivity index (χ1) is 6.20. The molecule has 2 N–H and O–H groups in total. The third-order valence-corrected chi connectivity index (χ3v) is 1.90. The van der Waals surface area contributed by atoms with Gasteiger partial charge >= 0.3 is 0 Å². The Balaban J connectivity index is 0.00000169. The van der Waals surface area contributed by atoms with Crippen molar-refractivity contribution in [3.8, 4) is 0 Å². The van der Waals surface area contributed by atoms with Crippen LogP contribution in [0.4, 0.5) is 0 Å². The molecule has 5 heteroatoms. The van der Waals surface area contributed by atoms with Crippen molar-refractivity contribution < 1.29 is 9.53 Å². The van der Waals surface area contributed by atoms with E-state index in [0.717, 1.165) is 13.1 Å². The summed E-state index contributed by atoms with van der Waals surface area (Å²) in [5.41, 5.74) is 0. The Morgan fingerprint density at radius 2 is 2.36 bits per heavy atom. The molecular weight excluding hydrogens is 204 g/mol. The van der Waals surface area contributed by atoms with E-state index in [1.807, 2.05) is 0 Å². The van der Waals surface area contributed by atoms with Crippen LogP contribution in [0, 0.1) is 5.92 Å². The standard InChI is InChI=1S/C9H18N2O2.ClH/c1-7(2)5-11-9(12)8-6-10-3-4-13-8;/h7-8,10H,3-6H2,1-2H3,(H,11,12);1H/t8-;/m1./s1. The lowest BCUT2D eigenvalue weighted by Gasteiger charge is -2.23. The van der Waals surface area contributed by atoms with Crippen LogP contribution in [0.15, 0.2) is 0 Å². The summed E-state index contributed by atoms with van der Waals surface area (Å²) in [6.45, 7) is 6.96. The molecule has 1 fully saturated rings. The molecule has 0 radical (unpaired) electrons. The molecule has 0 spiro atoms. The van der Waals surface area contributed by atoms with Crippen molar-refractivity contribution in [3.63, 3.8) is 0 Å². The summed E-state index contributed by atoms with van der Waals surface area (Å²) in [5.74, 6) is 0.487. The molecule has 14 heavy (non-hydrogen) atoms. The fourth-order valence-corrected chi connectivity index (χ4v) is 1.15. The van der Waals surface area contributed by atoms with Crippen molar-refractivity contribution in [2.24, 2.45) is 5.92 Å². The van der Waals surface area contributed by atoms with Crippen LogP contribution in [0.5, 0.6) is 0 Å². The van der Waals surface area contributed by atoms with Crippen LogP contribution in [-0.4, -0.2) is 38.3 Å². The van der Waals surface area contributed by atoms with Crippen molar-refractivity contribution in [3.05, 3.63) is 0 Å². The molecule has 0 saturated carbocycles. The maximum absolute atomic E-state index is 11.4. The van der Waals surface area contributed by atoms with Gasteiger partial charge in [0.15, 0.2) is 0 Å². The Labute approximate surface area is 91.2 Å². The van der Waals surface area contributed by atoms with Crippen molar-refractivity contribution >= 4 is 18.3 Å². The van der Waals surface area contributed by atoms with E-state index in [9.17, 15) is 4.79 Å². The number of hydrogen-bond donors (Lipinski definition) is 2. The molecule has 1 rings (SSSR count). The number of halogens is 1. The Morgan fingerprint density at radius 3 is 2.86 bits per heavy atom. The second kappa shape index (κ2) is 7.04. The monoisotopic (exact) mass is 222 g/mol. The second-order valence-electron chi connectivity index (χ2n) is 3.70. The van der Waals surface area contributed by atoms with Crippen LogP contribution < -0.4 is 10.6 Å². The van der Waals surface area contributed by atoms with E-state index in [1.165, 1.54) is 0 Å². The third kappa shape index (κ3) is 4.79. The number of rotatable bonds is 3. The Kier molecular flexibility index (Phi) is 6.87. The topological polar surface area (TPSA) is 50.4 Å². The van der Waals surface area contributed by atoms with Crippen molar-refractivity contribution in [2.75, 3.05) is 26.2 Å². The van der Waals surface area contributed by atoms with Gasteiger partial charge in [-0.3, -0.25) is 4.79 Å². The molecule has 1 saturated heterocycles. The van der Waals surface area contributed by atoms with E-state index < -0.39 is 0 Å². The van der Waals surface area contributed by atoms with Gasteiger partial charge in [-0.15, -0.1) is 12.4 Å².